The summed E-state index contributed by atoms with van der Waals surface area (Å²) < 4.78 is 0.961. The maximum Gasteiger partial charge on any atom is 0.281 e. The molecule has 0 aliphatic heterocycles. The zero-order chi connectivity index (χ0) is 19.3. The lowest BCUT2D eigenvalue weighted by atomic mass is 9.85. The summed E-state index contributed by atoms with van der Waals surface area (Å²) in [6.07, 6.45) is 1.54. The smallest absolute Gasteiger partial charge is 0.281 e. The van der Waals surface area contributed by atoms with Gasteiger partial charge in [0.05, 0.1) is 6.21 Å². The summed E-state index contributed by atoms with van der Waals surface area (Å²) in [5.74, 6) is -0.623. The van der Waals surface area contributed by atoms with Gasteiger partial charge in [-0.1, -0.05) is 88.7 Å². The Morgan fingerprint density at radius 2 is 1.56 bits per heavy atom. The van der Waals surface area contributed by atoms with Gasteiger partial charge in [0.25, 0.3) is 5.91 Å². The molecule has 2 N–H and O–H groups in total. The predicted octanol–water partition coefficient (Wildman–Crippen LogP) is 4.14. The Labute approximate surface area is 166 Å². The van der Waals surface area contributed by atoms with Crippen LogP contribution in [0.3, 0.4) is 0 Å². The Kier molecular flexibility index (Phi) is 5.84. The van der Waals surface area contributed by atoms with E-state index in [0.717, 1.165) is 15.6 Å². The number of nitrogens with one attached hydrogen (secondary N) is 1. The lowest BCUT2D eigenvalue weighted by Crippen LogP contribution is -2.43. The first-order valence-corrected chi connectivity index (χ1v) is 9.24. The second-order valence-corrected chi connectivity index (χ2v) is 7.00. The minimum absolute atomic E-state index is 0.474. The molecule has 0 radical (unpaired) electrons. The van der Waals surface area contributed by atoms with Crippen LogP contribution in [-0.4, -0.2) is 17.2 Å². The molecule has 0 saturated carbocycles. The van der Waals surface area contributed by atoms with Gasteiger partial charge in [-0.3, -0.25) is 4.79 Å². The molecule has 0 unspecified atom stereocenters. The number of amides is 1. The van der Waals surface area contributed by atoms with E-state index in [1.165, 1.54) is 0 Å². The molecular formula is C22H19BrN2O2. The first kappa shape index (κ1) is 19.0. The van der Waals surface area contributed by atoms with Gasteiger partial charge in [-0.15, -0.1) is 0 Å². The summed E-state index contributed by atoms with van der Waals surface area (Å²) in [7, 11) is 0. The lowest BCUT2D eigenvalue weighted by Gasteiger charge is -2.27. The standard InChI is InChI=1S/C22H19BrN2O2/c1-16-12-13-17(14-20(16)23)15-24-25-21(26)22(27,18-8-4-2-5-9-18)19-10-6-3-7-11-19/h2-15,27H,1H3,(H,25,26). The van der Waals surface area contributed by atoms with E-state index < -0.39 is 11.5 Å². The normalized spacial score (nSPS) is 11.5. The van der Waals surface area contributed by atoms with Crippen molar-refractivity contribution in [1.29, 1.82) is 0 Å². The highest BCUT2D eigenvalue weighted by atomic mass is 79.9. The monoisotopic (exact) mass is 422 g/mol. The quantitative estimate of drug-likeness (QED) is 0.479. The molecule has 1 amide bonds. The minimum Gasteiger partial charge on any atom is -0.372 e. The number of nitrogens with zero attached hydrogens (tertiary/aromatic N) is 1. The van der Waals surface area contributed by atoms with Gasteiger partial charge in [0.1, 0.15) is 0 Å². The van der Waals surface area contributed by atoms with Gasteiger partial charge in [-0.05, 0) is 35.2 Å². The zero-order valence-corrected chi connectivity index (χ0v) is 16.3. The number of halogens is 1. The number of carbonyl (C=O) groups excluding carboxylic acids is 1. The van der Waals surface area contributed by atoms with Crippen molar-refractivity contribution in [3.05, 3.63) is 106 Å². The van der Waals surface area contributed by atoms with E-state index in [0.29, 0.717) is 11.1 Å². The van der Waals surface area contributed by atoms with Crippen molar-refractivity contribution in [2.24, 2.45) is 5.10 Å². The Hall–Kier alpha value is -2.76. The molecule has 0 spiro atoms. The second kappa shape index (κ2) is 8.29. The fourth-order valence-electron chi connectivity index (χ4n) is 2.72. The van der Waals surface area contributed by atoms with Crippen LogP contribution < -0.4 is 5.43 Å². The van der Waals surface area contributed by atoms with Gasteiger partial charge in [0.15, 0.2) is 5.60 Å². The molecule has 0 aliphatic rings. The SMILES string of the molecule is Cc1ccc(C=NNC(=O)C(O)(c2ccccc2)c2ccccc2)cc1Br. The van der Waals surface area contributed by atoms with E-state index in [4.69, 9.17) is 0 Å². The molecule has 4 nitrogen and oxygen atoms in total. The van der Waals surface area contributed by atoms with Crippen LogP contribution in [0, 0.1) is 6.92 Å². The van der Waals surface area contributed by atoms with Crippen LogP contribution in [-0.2, 0) is 10.4 Å². The number of hydrazone groups is 1. The second-order valence-electron chi connectivity index (χ2n) is 6.15. The molecule has 0 aromatic heterocycles. The van der Waals surface area contributed by atoms with Gasteiger partial charge in [-0.2, -0.15) is 5.10 Å². The summed E-state index contributed by atoms with van der Waals surface area (Å²) in [5.41, 5.74) is 3.52. The Morgan fingerprint density at radius 1 is 1.00 bits per heavy atom. The average Bonchev–Trinajstić information content (AvgIpc) is 2.71. The minimum atomic E-state index is -1.84. The molecule has 3 aromatic carbocycles. The molecule has 5 heteroatoms. The highest BCUT2D eigenvalue weighted by Crippen LogP contribution is 2.29. The third kappa shape index (κ3) is 4.15. The number of hydrogen-bond donors (Lipinski definition) is 2. The van der Waals surface area contributed by atoms with Gasteiger partial charge >= 0.3 is 0 Å². The van der Waals surface area contributed by atoms with Crippen molar-refractivity contribution in [2.45, 2.75) is 12.5 Å². The summed E-state index contributed by atoms with van der Waals surface area (Å²) in [6, 6.07) is 23.4. The van der Waals surface area contributed by atoms with Gasteiger partial charge in [-0.25, -0.2) is 5.43 Å². The Balaban J connectivity index is 1.88. The molecule has 0 atom stereocenters. The molecule has 3 rings (SSSR count). The number of aryl methyl sites for hydroxylation is 1. The van der Waals surface area contributed by atoms with Crippen LogP contribution in [0.15, 0.2) is 88.4 Å². The van der Waals surface area contributed by atoms with E-state index in [2.05, 4.69) is 26.5 Å². The number of rotatable bonds is 5. The highest BCUT2D eigenvalue weighted by Gasteiger charge is 2.39. The van der Waals surface area contributed by atoms with E-state index >= 15 is 0 Å². The molecule has 3 aromatic rings. The molecular weight excluding hydrogens is 404 g/mol. The van der Waals surface area contributed by atoms with Crippen LogP contribution in [0.4, 0.5) is 0 Å². The van der Waals surface area contributed by atoms with Gasteiger partial charge in [0, 0.05) is 4.47 Å². The first-order valence-electron chi connectivity index (χ1n) is 8.45. The molecule has 0 fully saturated rings. The first-order chi connectivity index (χ1) is 13.0. The fourth-order valence-corrected chi connectivity index (χ4v) is 3.12. The van der Waals surface area contributed by atoms with Gasteiger partial charge < -0.3 is 5.11 Å². The topological polar surface area (TPSA) is 61.7 Å². The van der Waals surface area contributed by atoms with Crippen LogP contribution >= 0.6 is 15.9 Å². The summed E-state index contributed by atoms with van der Waals surface area (Å²) >= 11 is 3.47. The largest absolute Gasteiger partial charge is 0.372 e. The summed E-state index contributed by atoms with van der Waals surface area (Å²) in [5, 5.41) is 15.3. The predicted molar refractivity (Wildman–Crippen MR) is 110 cm³/mol. The molecule has 0 aliphatic carbocycles. The van der Waals surface area contributed by atoms with Crippen molar-refractivity contribution in [2.75, 3.05) is 0 Å². The molecule has 0 heterocycles. The van der Waals surface area contributed by atoms with Crippen molar-refractivity contribution < 1.29 is 9.90 Å². The Bertz CT molecular complexity index is 917. The van der Waals surface area contributed by atoms with Crippen LogP contribution in [0.5, 0.6) is 0 Å². The van der Waals surface area contributed by atoms with E-state index in [1.807, 2.05) is 37.3 Å². The Morgan fingerprint density at radius 3 is 2.07 bits per heavy atom. The molecule has 27 heavy (non-hydrogen) atoms. The fraction of sp³-hybridized carbons (Fsp3) is 0.0909. The zero-order valence-electron chi connectivity index (χ0n) is 14.8. The molecule has 136 valence electrons. The maximum atomic E-state index is 12.9. The highest BCUT2D eigenvalue weighted by molar-refractivity contribution is 9.10. The third-order valence-corrected chi connectivity index (χ3v) is 5.14. The van der Waals surface area contributed by atoms with Crippen LogP contribution in [0.1, 0.15) is 22.3 Å². The van der Waals surface area contributed by atoms with Crippen LogP contribution in [0.2, 0.25) is 0 Å². The summed E-state index contributed by atoms with van der Waals surface area (Å²) in [4.78, 5) is 12.9. The van der Waals surface area contributed by atoms with Crippen molar-refractivity contribution in [1.82, 2.24) is 5.43 Å². The number of benzene rings is 3. The number of hydrogen-bond acceptors (Lipinski definition) is 3. The molecule has 0 bridgehead atoms. The van der Waals surface area contributed by atoms with E-state index in [-0.39, 0.29) is 0 Å². The third-order valence-electron chi connectivity index (χ3n) is 4.29. The van der Waals surface area contributed by atoms with E-state index in [1.54, 1.807) is 54.7 Å². The molecule has 0 saturated heterocycles. The average molecular weight is 423 g/mol. The lowest BCUT2D eigenvalue weighted by molar-refractivity contribution is -0.136. The van der Waals surface area contributed by atoms with Crippen molar-refractivity contribution in [3.8, 4) is 0 Å². The van der Waals surface area contributed by atoms with E-state index in [9.17, 15) is 9.90 Å². The van der Waals surface area contributed by atoms with Crippen molar-refractivity contribution in [3.63, 3.8) is 0 Å². The van der Waals surface area contributed by atoms with Crippen LogP contribution in [0.25, 0.3) is 0 Å². The number of carbonyl (C=O) groups is 1. The van der Waals surface area contributed by atoms with Crippen molar-refractivity contribution >= 4 is 28.1 Å². The maximum absolute atomic E-state index is 12.9. The summed E-state index contributed by atoms with van der Waals surface area (Å²) in [6.45, 7) is 1.99. The van der Waals surface area contributed by atoms with Gasteiger partial charge in [0.2, 0.25) is 0 Å². The number of aliphatic hydroxyl groups is 1.